The van der Waals surface area contributed by atoms with Gasteiger partial charge in [0.1, 0.15) is 17.3 Å². The predicted octanol–water partition coefficient (Wildman–Crippen LogP) is 3.74. The maximum Gasteiger partial charge on any atom is 0.222 e. The second-order valence-corrected chi connectivity index (χ2v) is 7.00. The summed E-state index contributed by atoms with van der Waals surface area (Å²) in [5.41, 5.74) is 9.31. The van der Waals surface area contributed by atoms with Crippen molar-refractivity contribution >= 4 is 17.5 Å². The largest absolute Gasteiger partial charge is 0.457 e. The molecule has 2 aromatic carbocycles. The summed E-state index contributed by atoms with van der Waals surface area (Å²) in [4.78, 5) is 12.9. The third-order valence-electron chi connectivity index (χ3n) is 4.56. The van der Waals surface area contributed by atoms with Crippen LogP contribution in [0.2, 0.25) is 0 Å². The Hall–Kier alpha value is -4.01. The number of anilines is 3. The summed E-state index contributed by atoms with van der Waals surface area (Å²) in [6, 6.07) is 22.9. The Morgan fingerprint density at radius 2 is 1.72 bits per heavy atom. The first-order valence-electron chi connectivity index (χ1n) is 10.2. The van der Waals surface area contributed by atoms with Crippen LogP contribution in [0, 0.1) is 0 Å². The number of ether oxygens (including phenoxy) is 1. The number of rotatable bonds is 9. The molecule has 162 valence electrons. The monoisotopic (exact) mass is 428 g/mol. The van der Waals surface area contributed by atoms with Crippen molar-refractivity contribution in [1.82, 2.24) is 20.3 Å². The molecule has 2 aromatic heterocycles. The highest BCUT2D eigenvalue weighted by Crippen LogP contribution is 2.26. The van der Waals surface area contributed by atoms with Crippen LogP contribution in [0.15, 0.2) is 79.0 Å². The van der Waals surface area contributed by atoms with Crippen molar-refractivity contribution in [2.45, 2.75) is 6.54 Å². The van der Waals surface area contributed by atoms with Crippen molar-refractivity contribution in [3.8, 4) is 22.8 Å². The van der Waals surface area contributed by atoms with Crippen molar-refractivity contribution in [3.05, 3.63) is 84.7 Å². The molecule has 0 fully saturated rings. The van der Waals surface area contributed by atoms with E-state index in [1.807, 2.05) is 66.7 Å². The molecule has 4 rings (SSSR count). The molecular formula is C24H24N6O2. The predicted molar refractivity (Wildman–Crippen MR) is 125 cm³/mol. The van der Waals surface area contributed by atoms with E-state index in [2.05, 4.69) is 25.6 Å². The summed E-state index contributed by atoms with van der Waals surface area (Å²) in [6.07, 6.45) is 1.70. The van der Waals surface area contributed by atoms with Gasteiger partial charge >= 0.3 is 0 Å². The number of pyridine rings is 1. The Morgan fingerprint density at radius 3 is 2.50 bits per heavy atom. The molecule has 5 N–H and O–H groups in total. The van der Waals surface area contributed by atoms with E-state index in [1.54, 1.807) is 12.3 Å². The van der Waals surface area contributed by atoms with E-state index in [0.29, 0.717) is 30.4 Å². The Labute approximate surface area is 186 Å². The van der Waals surface area contributed by atoms with E-state index in [0.717, 1.165) is 22.6 Å². The van der Waals surface area contributed by atoms with Crippen LogP contribution in [0.5, 0.6) is 11.5 Å². The summed E-state index contributed by atoms with van der Waals surface area (Å²) in [6.45, 7) is 1.17. The maximum atomic E-state index is 8.86. The molecule has 0 aliphatic rings. The SMILES string of the molecule is Nc1nc(Nc2ccc(Oc3ccnc(CNCCO)c3)cc2)cc(-c2ccccc2)n1. The van der Waals surface area contributed by atoms with Gasteiger partial charge in [-0.25, -0.2) is 4.98 Å². The number of hydrogen-bond acceptors (Lipinski definition) is 8. The van der Waals surface area contributed by atoms with Gasteiger partial charge in [0.05, 0.1) is 18.0 Å². The lowest BCUT2D eigenvalue weighted by atomic mass is 10.1. The van der Waals surface area contributed by atoms with E-state index in [1.165, 1.54) is 0 Å². The first kappa shape index (κ1) is 21.2. The lowest BCUT2D eigenvalue weighted by Gasteiger charge is -2.10. The van der Waals surface area contributed by atoms with Gasteiger partial charge in [0, 0.05) is 42.7 Å². The topological polar surface area (TPSA) is 118 Å². The minimum absolute atomic E-state index is 0.0890. The number of nitrogen functional groups attached to an aromatic ring is 1. The third kappa shape index (κ3) is 5.78. The molecule has 4 aromatic rings. The molecule has 2 heterocycles. The van der Waals surface area contributed by atoms with Crippen molar-refractivity contribution in [2.75, 3.05) is 24.2 Å². The fourth-order valence-electron chi connectivity index (χ4n) is 3.09. The second-order valence-electron chi connectivity index (χ2n) is 7.00. The minimum atomic E-state index is 0.0890. The quantitative estimate of drug-likeness (QED) is 0.298. The van der Waals surface area contributed by atoms with Gasteiger partial charge in [-0.2, -0.15) is 4.98 Å². The molecule has 0 aliphatic heterocycles. The van der Waals surface area contributed by atoms with Crippen LogP contribution < -0.4 is 21.1 Å². The van der Waals surface area contributed by atoms with Gasteiger partial charge in [-0.3, -0.25) is 4.98 Å². The maximum absolute atomic E-state index is 8.86. The van der Waals surface area contributed by atoms with E-state index >= 15 is 0 Å². The number of benzene rings is 2. The number of aliphatic hydroxyl groups excluding tert-OH is 1. The van der Waals surface area contributed by atoms with Gasteiger partial charge in [0.2, 0.25) is 5.95 Å². The molecule has 0 unspecified atom stereocenters. The van der Waals surface area contributed by atoms with Crippen molar-refractivity contribution in [3.63, 3.8) is 0 Å². The number of nitrogens with two attached hydrogens (primary N) is 1. The summed E-state index contributed by atoms with van der Waals surface area (Å²) < 4.78 is 5.94. The minimum Gasteiger partial charge on any atom is -0.457 e. The molecule has 0 saturated heterocycles. The summed E-state index contributed by atoms with van der Waals surface area (Å²) in [5.74, 6) is 2.20. The van der Waals surface area contributed by atoms with Crippen LogP contribution in [0.25, 0.3) is 11.3 Å². The highest BCUT2D eigenvalue weighted by molar-refractivity contribution is 5.67. The zero-order valence-corrected chi connectivity index (χ0v) is 17.4. The van der Waals surface area contributed by atoms with Crippen LogP contribution in [0.1, 0.15) is 5.69 Å². The highest BCUT2D eigenvalue weighted by Gasteiger charge is 2.06. The molecular weight excluding hydrogens is 404 g/mol. The Morgan fingerprint density at radius 1 is 0.906 bits per heavy atom. The molecule has 0 bridgehead atoms. The zero-order chi connectivity index (χ0) is 22.2. The molecule has 0 amide bonds. The van der Waals surface area contributed by atoms with Crippen molar-refractivity contribution in [1.29, 1.82) is 0 Å². The van der Waals surface area contributed by atoms with Crippen LogP contribution in [0.4, 0.5) is 17.5 Å². The van der Waals surface area contributed by atoms with Gasteiger partial charge in [0.25, 0.3) is 0 Å². The fourth-order valence-corrected chi connectivity index (χ4v) is 3.09. The van der Waals surface area contributed by atoms with Crippen LogP contribution in [0.3, 0.4) is 0 Å². The lowest BCUT2D eigenvalue weighted by Crippen LogP contribution is -2.18. The number of aliphatic hydroxyl groups is 1. The van der Waals surface area contributed by atoms with Gasteiger partial charge in [-0.05, 0) is 30.3 Å². The molecule has 8 nitrogen and oxygen atoms in total. The number of nitrogens with zero attached hydrogens (tertiary/aromatic N) is 3. The first-order valence-corrected chi connectivity index (χ1v) is 10.2. The number of aromatic nitrogens is 3. The zero-order valence-electron chi connectivity index (χ0n) is 17.4. The van der Waals surface area contributed by atoms with Crippen LogP contribution in [-0.4, -0.2) is 33.2 Å². The van der Waals surface area contributed by atoms with E-state index in [9.17, 15) is 0 Å². The summed E-state index contributed by atoms with van der Waals surface area (Å²) >= 11 is 0. The van der Waals surface area contributed by atoms with Crippen molar-refractivity contribution in [2.24, 2.45) is 0 Å². The van der Waals surface area contributed by atoms with Crippen molar-refractivity contribution < 1.29 is 9.84 Å². The Kier molecular flexibility index (Phi) is 6.86. The molecule has 32 heavy (non-hydrogen) atoms. The summed E-state index contributed by atoms with van der Waals surface area (Å²) in [7, 11) is 0. The standard InChI is InChI=1S/C24H24N6O2/c25-24-29-22(17-4-2-1-3-5-17)15-23(30-24)28-18-6-8-20(9-7-18)32-21-10-11-27-19(14-21)16-26-12-13-31/h1-11,14-15,26,31H,12-13,16H2,(H3,25,28,29,30). The smallest absolute Gasteiger partial charge is 0.222 e. The Bertz CT molecular complexity index is 1150. The first-order chi connectivity index (χ1) is 15.7. The number of nitrogens with one attached hydrogen (secondary N) is 2. The third-order valence-corrected chi connectivity index (χ3v) is 4.56. The lowest BCUT2D eigenvalue weighted by molar-refractivity contribution is 0.291. The fraction of sp³-hybridized carbons (Fsp3) is 0.125. The summed E-state index contributed by atoms with van der Waals surface area (Å²) in [5, 5.41) is 15.2. The normalized spacial score (nSPS) is 10.7. The molecule has 0 saturated carbocycles. The van der Waals surface area contributed by atoms with Gasteiger partial charge < -0.3 is 26.2 Å². The van der Waals surface area contributed by atoms with Gasteiger partial charge in [-0.1, -0.05) is 30.3 Å². The number of hydrogen-bond donors (Lipinski definition) is 4. The second kappa shape index (κ2) is 10.3. The van der Waals surface area contributed by atoms with Crippen LogP contribution >= 0.6 is 0 Å². The van der Waals surface area contributed by atoms with E-state index in [4.69, 9.17) is 15.6 Å². The van der Waals surface area contributed by atoms with Gasteiger partial charge in [0.15, 0.2) is 0 Å². The average molecular weight is 428 g/mol. The Balaban J connectivity index is 1.42. The van der Waals surface area contributed by atoms with E-state index in [-0.39, 0.29) is 12.6 Å². The average Bonchev–Trinajstić information content (AvgIpc) is 2.81. The molecule has 0 spiro atoms. The van der Waals surface area contributed by atoms with Crippen LogP contribution in [-0.2, 0) is 6.54 Å². The molecule has 0 radical (unpaired) electrons. The molecule has 0 atom stereocenters. The molecule has 8 heteroatoms. The van der Waals surface area contributed by atoms with Gasteiger partial charge in [-0.15, -0.1) is 0 Å². The molecule has 0 aliphatic carbocycles. The van der Waals surface area contributed by atoms with E-state index < -0.39 is 0 Å². The highest BCUT2D eigenvalue weighted by atomic mass is 16.5.